The molecule has 106 valence electrons. The zero-order valence-electron chi connectivity index (χ0n) is 12.3. The van der Waals surface area contributed by atoms with Gasteiger partial charge in [0.1, 0.15) is 0 Å². The molecule has 1 saturated carbocycles. The first kappa shape index (κ1) is 14.3. The second kappa shape index (κ2) is 6.38. The summed E-state index contributed by atoms with van der Waals surface area (Å²) >= 11 is 0. The Balaban J connectivity index is 2.02. The van der Waals surface area contributed by atoms with E-state index in [1.165, 1.54) is 45.1 Å². The fraction of sp³-hybridized carbons (Fsp3) is 1.00. The van der Waals surface area contributed by atoms with Crippen molar-refractivity contribution in [1.82, 2.24) is 4.90 Å². The highest BCUT2D eigenvalue weighted by molar-refractivity contribution is 4.91. The lowest BCUT2D eigenvalue weighted by Crippen LogP contribution is -2.51. The van der Waals surface area contributed by atoms with Crippen LogP contribution in [0.15, 0.2) is 0 Å². The van der Waals surface area contributed by atoms with E-state index in [2.05, 4.69) is 18.7 Å². The Morgan fingerprint density at radius 3 is 2.39 bits per heavy atom. The fourth-order valence-electron chi connectivity index (χ4n) is 4.10. The van der Waals surface area contributed by atoms with Crippen LogP contribution in [-0.4, -0.2) is 35.7 Å². The minimum absolute atomic E-state index is 0.152. The molecule has 1 aliphatic heterocycles. The molecule has 2 nitrogen and oxygen atoms in total. The summed E-state index contributed by atoms with van der Waals surface area (Å²) < 4.78 is 0. The predicted molar refractivity (Wildman–Crippen MR) is 76.7 cm³/mol. The maximum absolute atomic E-state index is 9.78. The second-order valence-electron chi connectivity index (χ2n) is 6.59. The van der Waals surface area contributed by atoms with Crippen LogP contribution in [0.5, 0.6) is 0 Å². The molecule has 0 radical (unpaired) electrons. The van der Waals surface area contributed by atoms with Gasteiger partial charge in [0.15, 0.2) is 0 Å². The normalized spacial score (nSPS) is 30.2. The molecule has 0 aromatic heterocycles. The molecule has 1 N–H and O–H groups in total. The van der Waals surface area contributed by atoms with Gasteiger partial charge in [-0.3, -0.25) is 4.90 Å². The van der Waals surface area contributed by atoms with Gasteiger partial charge in [-0.15, -0.1) is 0 Å². The van der Waals surface area contributed by atoms with Crippen LogP contribution in [-0.2, 0) is 0 Å². The Labute approximate surface area is 113 Å². The Kier molecular flexibility index (Phi) is 5.08. The number of likely N-dealkylation sites (tertiary alicyclic amines) is 1. The van der Waals surface area contributed by atoms with Gasteiger partial charge in [0.25, 0.3) is 0 Å². The molecule has 0 bridgehead atoms. The molecule has 18 heavy (non-hydrogen) atoms. The topological polar surface area (TPSA) is 23.5 Å². The number of aliphatic hydroxyl groups excluding tert-OH is 1. The lowest BCUT2D eigenvalue weighted by atomic mass is 9.76. The molecule has 1 saturated heterocycles. The van der Waals surface area contributed by atoms with E-state index in [4.69, 9.17) is 0 Å². The van der Waals surface area contributed by atoms with Gasteiger partial charge in [0.2, 0.25) is 0 Å². The summed E-state index contributed by atoms with van der Waals surface area (Å²) in [7, 11) is 0. The molecule has 2 rings (SSSR count). The Bertz CT molecular complexity index is 239. The van der Waals surface area contributed by atoms with E-state index in [0.29, 0.717) is 6.61 Å². The monoisotopic (exact) mass is 253 g/mol. The van der Waals surface area contributed by atoms with Crippen molar-refractivity contribution in [2.24, 2.45) is 11.3 Å². The van der Waals surface area contributed by atoms with Crippen molar-refractivity contribution >= 4 is 0 Å². The van der Waals surface area contributed by atoms with Crippen LogP contribution in [0.25, 0.3) is 0 Å². The highest BCUT2D eigenvalue weighted by Gasteiger charge is 2.37. The zero-order valence-corrected chi connectivity index (χ0v) is 12.3. The molecule has 0 amide bonds. The number of hydrogen-bond acceptors (Lipinski definition) is 2. The number of hydrogen-bond donors (Lipinski definition) is 1. The smallest absolute Gasteiger partial charge is 0.0499 e. The highest BCUT2D eigenvalue weighted by atomic mass is 16.3. The minimum Gasteiger partial charge on any atom is -0.396 e. The van der Waals surface area contributed by atoms with Gasteiger partial charge in [-0.25, -0.2) is 0 Å². The third kappa shape index (κ3) is 2.91. The number of fused-ring (bicyclic) bond motifs is 1. The zero-order chi connectivity index (χ0) is 13.0. The number of nitrogens with zero attached hydrogens (tertiary/aromatic N) is 1. The molecule has 2 fully saturated rings. The number of aliphatic hydroxyl groups is 1. The average Bonchev–Trinajstić information content (AvgIpc) is 2.45. The van der Waals surface area contributed by atoms with Crippen molar-refractivity contribution in [1.29, 1.82) is 0 Å². The van der Waals surface area contributed by atoms with E-state index in [-0.39, 0.29) is 5.41 Å². The average molecular weight is 253 g/mol. The van der Waals surface area contributed by atoms with Crippen molar-refractivity contribution in [3.05, 3.63) is 0 Å². The first-order valence-corrected chi connectivity index (χ1v) is 8.09. The fourth-order valence-corrected chi connectivity index (χ4v) is 4.10. The van der Waals surface area contributed by atoms with Crippen molar-refractivity contribution in [2.75, 3.05) is 19.7 Å². The molecule has 0 aromatic carbocycles. The third-order valence-electron chi connectivity index (χ3n) is 5.73. The van der Waals surface area contributed by atoms with E-state index < -0.39 is 0 Å². The standard InChI is InChI=1S/C16H31NO/c1-3-16(4-2,13-18)12-17-11-7-9-14-8-5-6-10-15(14)17/h14-15,18H,3-13H2,1-2H3/t14-,15-/m1/s1. The van der Waals surface area contributed by atoms with E-state index in [0.717, 1.165) is 31.3 Å². The molecule has 0 spiro atoms. The van der Waals surface area contributed by atoms with Gasteiger partial charge >= 0.3 is 0 Å². The summed E-state index contributed by atoms with van der Waals surface area (Å²) in [5.41, 5.74) is 0.152. The first-order valence-electron chi connectivity index (χ1n) is 8.09. The molecular formula is C16H31NO. The Hall–Kier alpha value is -0.0800. The molecular weight excluding hydrogens is 222 g/mol. The van der Waals surface area contributed by atoms with Crippen molar-refractivity contribution in [3.8, 4) is 0 Å². The van der Waals surface area contributed by atoms with E-state index in [9.17, 15) is 5.11 Å². The summed E-state index contributed by atoms with van der Waals surface area (Å²) in [5.74, 6) is 0.956. The summed E-state index contributed by atoms with van der Waals surface area (Å²) in [5, 5.41) is 9.78. The van der Waals surface area contributed by atoms with Crippen molar-refractivity contribution in [2.45, 2.75) is 71.3 Å². The lowest BCUT2D eigenvalue weighted by Gasteiger charge is -2.47. The molecule has 2 heteroatoms. The van der Waals surface area contributed by atoms with Crippen molar-refractivity contribution in [3.63, 3.8) is 0 Å². The maximum Gasteiger partial charge on any atom is 0.0499 e. The molecule has 1 aliphatic carbocycles. The van der Waals surface area contributed by atoms with Crippen LogP contribution < -0.4 is 0 Å². The Morgan fingerprint density at radius 1 is 1.06 bits per heavy atom. The summed E-state index contributed by atoms with van der Waals surface area (Å²) in [6.07, 6.45) is 10.7. The minimum atomic E-state index is 0.152. The van der Waals surface area contributed by atoms with E-state index in [1.54, 1.807) is 0 Å². The summed E-state index contributed by atoms with van der Waals surface area (Å²) in [6, 6.07) is 0.830. The quantitative estimate of drug-likeness (QED) is 0.811. The number of rotatable bonds is 5. The molecule has 0 unspecified atom stereocenters. The van der Waals surface area contributed by atoms with Gasteiger partial charge in [0, 0.05) is 24.6 Å². The summed E-state index contributed by atoms with van der Waals surface area (Å²) in [4.78, 5) is 2.73. The van der Waals surface area contributed by atoms with Crippen LogP contribution in [0.1, 0.15) is 65.2 Å². The lowest BCUT2D eigenvalue weighted by molar-refractivity contribution is -0.00124. The van der Waals surface area contributed by atoms with Crippen molar-refractivity contribution < 1.29 is 5.11 Å². The maximum atomic E-state index is 9.78. The highest BCUT2D eigenvalue weighted by Crippen LogP contribution is 2.38. The van der Waals surface area contributed by atoms with Gasteiger partial charge in [-0.2, -0.15) is 0 Å². The molecule has 2 atom stereocenters. The van der Waals surface area contributed by atoms with Crippen LogP contribution in [0.2, 0.25) is 0 Å². The van der Waals surface area contributed by atoms with Gasteiger partial charge in [-0.1, -0.05) is 26.7 Å². The molecule has 1 heterocycles. The predicted octanol–water partition coefficient (Wildman–Crippen LogP) is 3.44. The van der Waals surface area contributed by atoms with Crippen LogP contribution >= 0.6 is 0 Å². The molecule has 2 aliphatic rings. The summed E-state index contributed by atoms with van der Waals surface area (Å²) in [6.45, 7) is 7.22. The Morgan fingerprint density at radius 2 is 1.72 bits per heavy atom. The first-order chi connectivity index (χ1) is 8.74. The van der Waals surface area contributed by atoms with Crippen LogP contribution in [0.3, 0.4) is 0 Å². The van der Waals surface area contributed by atoms with E-state index in [1.807, 2.05) is 0 Å². The van der Waals surface area contributed by atoms with Crippen LogP contribution in [0.4, 0.5) is 0 Å². The largest absolute Gasteiger partial charge is 0.396 e. The van der Waals surface area contributed by atoms with E-state index >= 15 is 0 Å². The molecule has 0 aromatic rings. The number of piperidine rings is 1. The second-order valence-corrected chi connectivity index (χ2v) is 6.59. The van der Waals surface area contributed by atoms with Gasteiger partial charge in [-0.05, 0) is 51.0 Å². The third-order valence-corrected chi connectivity index (χ3v) is 5.73. The van der Waals surface area contributed by atoms with Gasteiger partial charge < -0.3 is 5.11 Å². The SMILES string of the molecule is CCC(CC)(CO)CN1CCC[C@H]2CCCC[C@H]21. The van der Waals surface area contributed by atoms with Gasteiger partial charge in [0.05, 0.1) is 0 Å². The van der Waals surface area contributed by atoms with Crippen LogP contribution in [0, 0.1) is 11.3 Å².